The fraction of sp³-hybridized carbons (Fsp3) is 0.391. The van der Waals surface area contributed by atoms with Crippen LogP contribution in [-0.4, -0.2) is 31.4 Å². The summed E-state index contributed by atoms with van der Waals surface area (Å²) in [5.41, 5.74) is 5.17. The van der Waals surface area contributed by atoms with Crippen molar-refractivity contribution in [1.29, 1.82) is 0 Å². The van der Waals surface area contributed by atoms with Gasteiger partial charge in [0.25, 0.3) is 0 Å². The summed E-state index contributed by atoms with van der Waals surface area (Å²) in [5, 5.41) is 5.87. The van der Waals surface area contributed by atoms with Crippen molar-refractivity contribution in [1.82, 2.24) is 5.32 Å². The van der Waals surface area contributed by atoms with E-state index in [4.69, 9.17) is 11.6 Å². The summed E-state index contributed by atoms with van der Waals surface area (Å²) in [7, 11) is 0. The van der Waals surface area contributed by atoms with Crippen LogP contribution in [0.5, 0.6) is 0 Å². The minimum atomic E-state index is -0.684. The third kappa shape index (κ3) is 5.30. The molecule has 3 rings (SSSR count). The number of nitrogens with zero attached hydrogens (tertiary/aromatic N) is 1. The quantitative estimate of drug-likeness (QED) is 0.700. The molecule has 6 heteroatoms. The Labute approximate surface area is 177 Å². The molecule has 1 heterocycles. The summed E-state index contributed by atoms with van der Waals surface area (Å²) in [5.74, 6) is -1.33. The van der Waals surface area contributed by atoms with Gasteiger partial charge in [-0.2, -0.15) is 0 Å². The molecule has 2 aromatic rings. The number of halogens is 1. The standard InChI is InChI=1S/C23H28ClN3O2/c1-3-13-27-14-5-6-18-15-17(9-10-21(18)27)11-12-25-22(28)23(29)26-20-8-4-7-19(24)16(20)2/h4,7-10,15H,3,5-6,11-14H2,1-2H3,(H,25,28)(H,26,29). The molecule has 0 radical (unpaired) electrons. The van der Waals surface area contributed by atoms with Crippen LogP contribution < -0.4 is 15.5 Å². The molecule has 29 heavy (non-hydrogen) atoms. The molecular weight excluding hydrogens is 386 g/mol. The lowest BCUT2D eigenvalue weighted by Gasteiger charge is -2.31. The van der Waals surface area contributed by atoms with Crippen molar-refractivity contribution < 1.29 is 9.59 Å². The number of hydrogen-bond donors (Lipinski definition) is 2. The highest BCUT2D eigenvalue weighted by molar-refractivity contribution is 6.40. The van der Waals surface area contributed by atoms with Crippen molar-refractivity contribution in [2.45, 2.75) is 39.5 Å². The van der Waals surface area contributed by atoms with Crippen LogP contribution in [0, 0.1) is 6.92 Å². The average Bonchev–Trinajstić information content (AvgIpc) is 2.71. The van der Waals surface area contributed by atoms with Gasteiger partial charge in [-0.05, 0) is 67.5 Å². The highest BCUT2D eigenvalue weighted by atomic mass is 35.5. The van der Waals surface area contributed by atoms with Crippen LogP contribution in [0.25, 0.3) is 0 Å². The summed E-state index contributed by atoms with van der Waals surface area (Å²) in [6, 6.07) is 11.7. The van der Waals surface area contributed by atoms with Gasteiger partial charge in [0.2, 0.25) is 0 Å². The lowest BCUT2D eigenvalue weighted by Crippen LogP contribution is -2.36. The molecule has 0 unspecified atom stereocenters. The van der Waals surface area contributed by atoms with Crippen LogP contribution in [0.15, 0.2) is 36.4 Å². The molecule has 1 aliphatic heterocycles. The van der Waals surface area contributed by atoms with Gasteiger partial charge in [0, 0.05) is 36.0 Å². The normalized spacial score (nSPS) is 13.0. The molecule has 0 saturated heterocycles. The summed E-state index contributed by atoms with van der Waals surface area (Å²) < 4.78 is 0. The predicted octanol–water partition coefficient (Wildman–Crippen LogP) is 4.11. The summed E-state index contributed by atoms with van der Waals surface area (Å²) >= 11 is 6.05. The number of amides is 2. The first-order chi connectivity index (χ1) is 14.0. The highest BCUT2D eigenvalue weighted by Crippen LogP contribution is 2.28. The largest absolute Gasteiger partial charge is 0.371 e. The fourth-order valence-electron chi connectivity index (χ4n) is 3.71. The maximum absolute atomic E-state index is 12.1. The van der Waals surface area contributed by atoms with E-state index in [0.29, 0.717) is 23.7 Å². The minimum absolute atomic E-state index is 0.415. The Bertz CT molecular complexity index is 898. The smallest absolute Gasteiger partial charge is 0.313 e. The average molecular weight is 414 g/mol. The first-order valence-electron chi connectivity index (χ1n) is 10.2. The molecule has 0 atom stereocenters. The molecule has 0 spiro atoms. The monoisotopic (exact) mass is 413 g/mol. The van der Waals surface area contributed by atoms with Crippen LogP contribution in [0.1, 0.15) is 36.5 Å². The third-order valence-corrected chi connectivity index (χ3v) is 5.68. The van der Waals surface area contributed by atoms with E-state index in [2.05, 4.69) is 40.7 Å². The molecule has 2 aromatic carbocycles. The van der Waals surface area contributed by atoms with Crippen LogP contribution >= 0.6 is 11.6 Å². The highest BCUT2D eigenvalue weighted by Gasteiger charge is 2.17. The molecule has 2 N–H and O–H groups in total. The van der Waals surface area contributed by atoms with Crippen LogP contribution in [0.2, 0.25) is 5.02 Å². The molecule has 2 amide bonds. The van der Waals surface area contributed by atoms with E-state index in [1.165, 1.54) is 23.2 Å². The number of carbonyl (C=O) groups is 2. The number of aryl methyl sites for hydroxylation is 1. The molecule has 0 saturated carbocycles. The second kappa shape index (κ2) is 9.79. The molecule has 0 aliphatic carbocycles. The number of fused-ring (bicyclic) bond motifs is 1. The predicted molar refractivity (Wildman–Crippen MR) is 119 cm³/mol. The maximum atomic E-state index is 12.1. The van der Waals surface area contributed by atoms with Crippen molar-refractivity contribution in [2.75, 3.05) is 29.9 Å². The van der Waals surface area contributed by atoms with Crippen molar-refractivity contribution >= 4 is 34.8 Å². The molecule has 0 fully saturated rings. The fourth-order valence-corrected chi connectivity index (χ4v) is 3.88. The third-order valence-electron chi connectivity index (χ3n) is 5.27. The molecule has 1 aliphatic rings. The molecule has 0 bridgehead atoms. The van der Waals surface area contributed by atoms with E-state index in [1.807, 2.05) is 0 Å². The Morgan fingerprint density at radius 2 is 2.00 bits per heavy atom. The van der Waals surface area contributed by atoms with E-state index in [1.54, 1.807) is 25.1 Å². The number of carbonyl (C=O) groups excluding carboxylic acids is 2. The van der Waals surface area contributed by atoms with Gasteiger partial charge in [0.1, 0.15) is 0 Å². The zero-order chi connectivity index (χ0) is 20.8. The Balaban J connectivity index is 1.52. The second-order valence-corrected chi connectivity index (χ2v) is 7.83. The van der Waals surface area contributed by atoms with Crippen molar-refractivity contribution in [3.8, 4) is 0 Å². The number of benzene rings is 2. The Kier molecular flexibility index (Phi) is 7.15. The lowest BCUT2D eigenvalue weighted by atomic mass is 9.98. The van der Waals surface area contributed by atoms with E-state index in [9.17, 15) is 9.59 Å². The molecule has 0 aromatic heterocycles. The van der Waals surface area contributed by atoms with Crippen LogP contribution in [0.4, 0.5) is 11.4 Å². The molecular formula is C23H28ClN3O2. The summed E-state index contributed by atoms with van der Waals surface area (Å²) in [4.78, 5) is 26.7. The van der Waals surface area contributed by atoms with Gasteiger partial charge in [0.05, 0.1) is 0 Å². The Morgan fingerprint density at radius 3 is 2.79 bits per heavy atom. The van der Waals surface area contributed by atoms with Gasteiger partial charge in [-0.3, -0.25) is 9.59 Å². The first kappa shape index (κ1) is 21.2. The van der Waals surface area contributed by atoms with Gasteiger partial charge in [0.15, 0.2) is 0 Å². The van der Waals surface area contributed by atoms with Gasteiger partial charge in [-0.15, -0.1) is 0 Å². The van der Waals surface area contributed by atoms with Crippen molar-refractivity contribution in [3.05, 3.63) is 58.1 Å². The maximum Gasteiger partial charge on any atom is 0.313 e. The first-order valence-corrected chi connectivity index (χ1v) is 10.6. The van der Waals surface area contributed by atoms with Crippen molar-refractivity contribution in [3.63, 3.8) is 0 Å². The number of hydrogen-bond acceptors (Lipinski definition) is 3. The SMILES string of the molecule is CCCN1CCCc2cc(CCNC(=O)C(=O)Nc3cccc(Cl)c3C)ccc21. The Morgan fingerprint density at radius 1 is 1.17 bits per heavy atom. The van der Waals surface area contributed by atoms with Crippen LogP contribution in [-0.2, 0) is 22.4 Å². The molecule has 154 valence electrons. The number of rotatable bonds is 6. The van der Waals surface area contributed by atoms with Gasteiger partial charge < -0.3 is 15.5 Å². The topological polar surface area (TPSA) is 61.4 Å². The van der Waals surface area contributed by atoms with Gasteiger partial charge in [-0.25, -0.2) is 0 Å². The van der Waals surface area contributed by atoms with E-state index >= 15 is 0 Å². The zero-order valence-electron chi connectivity index (χ0n) is 17.1. The Hall–Kier alpha value is -2.53. The van der Waals surface area contributed by atoms with Crippen LogP contribution in [0.3, 0.4) is 0 Å². The van der Waals surface area contributed by atoms with Crippen molar-refractivity contribution in [2.24, 2.45) is 0 Å². The second-order valence-electron chi connectivity index (χ2n) is 7.43. The zero-order valence-corrected chi connectivity index (χ0v) is 17.8. The number of anilines is 2. The van der Waals surface area contributed by atoms with E-state index in [-0.39, 0.29) is 0 Å². The summed E-state index contributed by atoms with van der Waals surface area (Å²) in [6.07, 6.45) is 4.10. The van der Waals surface area contributed by atoms with Gasteiger partial charge in [-0.1, -0.05) is 36.7 Å². The van der Waals surface area contributed by atoms with E-state index < -0.39 is 11.8 Å². The van der Waals surface area contributed by atoms with Gasteiger partial charge >= 0.3 is 11.8 Å². The van der Waals surface area contributed by atoms with E-state index in [0.717, 1.165) is 31.5 Å². The summed E-state index contributed by atoms with van der Waals surface area (Å²) in [6.45, 7) is 6.63. The molecule has 5 nitrogen and oxygen atoms in total. The minimum Gasteiger partial charge on any atom is -0.371 e. The lowest BCUT2D eigenvalue weighted by molar-refractivity contribution is -0.136. The number of nitrogens with one attached hydrogen (secondary N) is 2.